The number of phenolic OH excluding ortho intramolecular Hbond substituents is 1. The number of ether oxygens (including phenoxy) is 2. The zero-order valence-electron chi connectivity index (χ0n) is 14.9. The van der Waals surface area contributed by atoms with E-state index in [1.807, 2.05) is 25.1 Å². The van der Waals surface area contributed by atoms with Crippen LogP contribution in [0.15, 0.2) is 47.6 Å². The van der Waals surface area contributed by atoms with Gasteiger partial charge in [-0.15, -0.1) is 5.10 Å². The SMILES string of the molecule is C[C@H](NC(=O)CSc1nnnn1-c1ccc(O)cc1)c1ccc2c(c1)OCO2. The van der Waals surface area contributed by atoms with Gasteiger partial charge in [-0.3, -0.25) is 4.79 Å². The number of fused-ring (bicyclic) bond motifs is 1. The van der Waals surface area contributed by atoms with Crippen LogP contribution in [0.3, 0.4) is 0 Å². The summed E-state index contributed by atoms with van der Waals surface area (Å²) in [5, 5.41) is 24.4. The molecule has 2 N–H and O–H groups in total. The van der Waals surface area contributed by atoms with Gasteiger partial charge in [0.15, 0.2) is 11.5 Å². The number of tetrazole rings is 1. The summed E-state index contributed by atoms with van der Waals surface area (Å²) in [6.07, 6.45) is 0. The van der Waals surface area contributed by atoms with Crippen molar-refractivity contribution < 1.29 is 19.4 Å². The number of rotatable bonds is 6. The Morgan fingerprint density at radius 3 is 2.86 bits per heavy atom. The molecule has 0 fully saturated rings. The highest BCUT2D eigenvalue weighted by atomic mass is 32.2. The van der Waals surface area contributed by atoms with E-state index in [2.05, 4.69) is 20.8 Å². The summed E-state index contributed by atoms with van der Waals surface area (Å²) in [5.74, 6) is 1.56. The summed E-state index contributed by atoms with van der Waals surface area (Å²) in [4.78, 5) is 12.3. The maximum Gasteiger partial charge on any atom is 0.231 e. The van der Waals surface area contributed by atoms with Gasteiger partial charge in [0, 0.05) is 0 Å². The molecule has 10 heteroatoms. The number of nitrogens with one attached hydrogen (secondary N) is 1. The van der Waals surface area contributed by atoms with E-state index in [0.29, 0.717) is 22.3 Å². The van der Waals surface area contributed by atoms with E-state index in [1.54, 1.807) is 24.3 Å². The number of carbonyl (C=O) groups is 1. The molecule has 9 nitrogen and oxygen atoms in total. The van der Waals surface area contributed by atoms with E-state index < -0.39 is 0 Å². The first kappa shape index (κ1) is 18.1. The van der Waals surface area contributed by atoms with E-state index in [4.69, 9.17) is 9.47 Å². The molecule has 0 bridgehead atoms. The second-order valence-electron chi connectivity index (χ2n) is 6.08. The number of aromatic nitrogens is 4. The Balaban J connectivity index is 1.36. The quantitative estimate of drug-likeness (QED) is 0.606. The summed E-state index contributed by atoms with van der Waals surface area (Å²) >= 11 is 1.23. The number of benzene rings is 2. The Hall–Kier alpha value is -3.27. The van der Waals surface area contributed by atoms with Crippen LogP contribution in [0.5, 0.6) is 17.2 Å². The molecular formula is C18H17N5O4S. The van der Waals surface area contributed by atoms with Gasteiger partial charge < -0.3 is 19.9 Å². The highest BCUT2D eigenvalue weighted by Gasteiger charge is 2.18. The minimum Gasteiger partial charge on any atom is -0.508 e. The van der Waals surface area contributed by atoms with Gasteiger partial charge in [0.25, 0.3) is 0 Å². The van der Waals surface area contributed by atoms with E-state index >= 15 is 0 Å². The molecule has 0 saturated carbocycles. The molecule has 1 aromatic heterocycles. The molecule has 0 radical (unpaired) electrons. The van der Waals surface area contributed by atoms with Crippen LogP contribution in [0.4, 0.5) is 0 Å². The van der Waals surface area contributed by atoms with Crippen LogP contribution in [0.2, 0.25) is 0 Å². The van der Waals surface area contributed by atoms with E-state index in [1.165, 1.54) is 16.4 Å². The third-order valence-corrected chi connectivity index (χ3v) is 5.06. The lowest BCUT2D eigenvalue weighted by atomic mass is 10.1. The van der Waals surface area contributed by atoms with Crippen molar-refractivity contribution in [1.29, 1.82) is 0 Å². The lowest BCUT2D eigenvalue weighted by Crippen LogP contribution is -2.28. The molecule has 3 aromatic rings. The fourth-order valence-corrected chi connectivity index (χ4v) is 3.41. The number of amides is 1. The van der Waals surface area contributed by atoms with Crippen molar-refractivity contribution >= 4 is 17.7 Å². The van der Waals surface area contributed by atoms with Crippen molar-refractivity contribution in [3.63, 3.8) is 0 Å². The first-order valence-electron chi connectivity index (χ1n) is 8.49. The summed E-state index contributed by atoms with van der Waals surface area (Å²) in [7, 11) is 0. The summed E-state index contributed by atoms with van der Waals surface area (Å²) in [6, 6.07) is 11.9. The number of carbonyl (C=O) groups excluding carboxylic acids is 1. The van der Waals surface area contributed by atoms with Crippen LogP contribution in [-0.2, 0) is 4.79 Å². The molecule has 1 amide bonds. The molecule has 1 aliphatic rings. The van der Waals surface area contributed by atoms with Crippen LogP contribution >= 0.6 is 11.8 Å². The van der Waals surface area contributed by atoms with Crippen molar-refractivity contribution in [2.45, 2.75) is 18.1 Å². The van der Waals surface area contributed by atoms with Gasteiger partial charge in [0.05, 0.1) is 17.5 Å². The molecule has 0 spiro atoms. The Bertz CT molecular complexity index is 992. The van der Waals surface area contributed by atoms with E-state index in [-0.39, 0.29) is 30.2 Å². The monoisotopic (exact) mass is 399 g/mol. The average molecular weight is 399 g/mol. The molecule has 2 aromatic carbocycles. The average Bonchev–Trinajstić information content (AvgIpc) is 3.35. The van der Waals surface area contributed by atoms with Gasteiger partial charge in [-0.2, -0.15) is 4.68 Å². The summed E-state index contributed by atoms with van der Waals surface area (Å²) < 4.78 is 12.2. The van der Waals surface area contributed by atoms with Crippen molar-refractivity contribution in [3.8, 4) is 22.9 Å². The van der Waals surface area contributed by atoms with Gasteiger partial charge in [-0.05, 0) is 59.3 Å². The summed E-state index contributed by atoms with van der Waals surface area (Å²) in [6.45, 7) is 2.12. The van der Waals surface area contributed by atoms with Crippen LogP contribution in [0, 0.1) is 0 Å². The number of hydrogen-bond acceptors (Lipinski definition) is 8. The Labute approximate surface area is 164 Å². The molecule has 144 valence electrons. The van der Waals surface area contributed by atoms with Gasteiger partial charge in [-0.25, -0.2) is 0 Å². The maximum absolute atomic E-state index is 12.3. The van der Waals surface area contributed by atoms with E-state index in [0.717, 1.165) is 5.56 Å². The lowest BCUT2D eigenvalue weighted by Gasteiger charge is -2.14. The minimum absolute atomic E-state index is 0.143. The zero-order chi connectivity index (χ0) is 19.5. The molecular weight excluding hydrogens is 382 g/mol. The zero-order valence-corrected chi connectivity index (χ0v) is 15.7. The molecule has 0 unspecified atom stereocenters. The Kier molecular flexibility index (Phi) is 5.02. The number of nitrogens with zero attached hydrogens (tertiary/aromatic N) is 4. The maximum atomic E-state index is 12.3. The second-order valence-corrected chi connectivity index (χ2v) is 7.02. The number of phenols is 1. The van der Waals surface area contributed by atoms with Crippen molar-refractivity contribution in [3.05, 3.63) is 48.0 Å². The molecule has 0 saturated heterocycles. The predicted octanol–water partition coefficient (Wildman–Crippen LogP) is 2.07. The minimum atomic E-state index is -0.185. The molecule has 4 rings (SSSR count). The molecule has 1 atom stereocenters. The normalized spacial score (nSPS) is 13.3. The Morgan fingerprint density at radius 2 is 2.04 bits per heavy atom. The molecule has 1 aliphatic heterocycles. The molecule has 0 aliphatic carbocycles. The largest absolute Gasteiger partial charge is 0.508 e. The third kappa shape index (κ3) is 3.86. The second kappa shape index (κ2) is 7.77. The highest BCUT2D eigenvalue weighted by Crippen LogP contribution is 2.34. The third-order valence-electron chi connectivity index (χ3n) is 4.14. The predicted molar refractivity (Wildman–Crippen MR) is 101 cm³/mol. The Morgan fingerprint density at radius 1 is 1.25 bits per heavy atom. The van der Waals surface area contributed by atoms with Gasteiger partial charge in [0.1, 0.15) is 5.75 Å². The van der Waals surface area contributed by atoms with E-state index in [9.17, 15) is 9.90 Å². The standard InChI is InChI=1S/C18H17N5O4S/c1-11(12-2-7-15-16(8-12)27-10-26-15)19-17(25)9-28-18-20-21-22-23(18)13-3-5-14(24)6-4-13/h2-8,11,24H,9-10H2,1H3,(H,19,25)/t11-/m0/s1. The fourth-order valence-electron chi connectivity index (χ4n) is 2.70. The van der Waals surface area contributed by atoms with Crippen LogP contribution in [0.1, 0.15) is 18.5 Å². The topological polar surface area (TPSA) is 111 Å². The molecule has 28 heavy (non-hydrogen) atoms. The van der Waals surface area contributed by atoms with Gasteiger partial charge in [-0.1, -0.05) is 17.8 Å². The number of hydrogen-bond donors (Lipinski definition) is 2. The first-order chi connectivity index (χ1) is 13.6. The van der Waals surface area contributed by atoms with Crippen LogP contribution in [-0.4, -0.2) is 43.8 Å². The summed E-state index contributed by atoms with van der Waals surface area (Å²) in [5.41, 5.74) is 1.62. The molecule has 2 heterocycles. The van der Waals surface area contributed by atoms with Crippen LogP contribution < -0.4 is 14.8 Å². The number of aromatic hydroxyl groups is 1. The van der Waals surface area contributed by atoms with Crippen molar-refractivity contribution in [1.82, 2.24) is 25.5 Å². The highest BCUT2D eigenvalue weighted by molar-refractivity contribution is 7.99. The smallest absolute Gasteiger partial charge is 0.231 e. The number of thioether (sulfide) groups is 1. The fraction of sp³-hybridized carbons (Fsp3) is 0.222. The van der Waals surface area contributed by atoms with Gasteiger partial charge in [0.2, 0.25) is 17.9 Å². The van der Waals surface area contributed by atoms with Crippen molar-refractivity contribution in [2.75, 3.05) is 12.5 Å². The lowest BCUT2D eigenvalue weighted by molar-refractivity contribution is -0.119. The van der Waals surface area contributed by atoms with Gasteiger partial charge >= 0.3 is 0 Å². The van der Waals surface area contributed by atoms with Crippen molar-refractivity contribution in [2.24, 2.45) is 0 Å². The first-order valence-corrected chi connectivity index (χ1v) is 9.48. The van der Waals surface area contributed by atoms with Crippen LogP contribution in [0.25, 0.3) is 5.69 Å².